The van der Waals surface area contributed by atoms with Gasteiger partial charge in [-0.3, -0.25) is 15.0 Å². The van der Waals surface area contributed by atoms with Gasteiger partial charge in [-0.1, -0.05) is 38.0 Å². The molecule has 0 aliphatic rings. The lowest BCUT2D eigenvalue weighted by Gasteiger charge is -2.18. The van der Waals surface area contributed by atoms with E-state index in [1.165, 1.54) is 4.90 Å². The van der Waals surface area contributed by atoms with E-state index in [4.69, 9.17) is 11.9 Å². The smallest absolute Gasteiger partial charge is 0.330 e. The molecule has 1 N–H and O–H groups in total. The van der Waals surface area contributed by atoms with E-state index in [2.05, 4.69) is 26.4 Å². The molecular weight excluding hydrogens is 316 g/mol. The molecule has 1 aromatic carbocycles. The van der Waals surface area contributed by atoms with Gasteiger partial charge in [-0.05, 0) is 12.5 Å². The normalized spacial score (nSPS) is 11.0. The lowest BCUT2D eigenvalue weighted by molar-refractivity contribution is 0.211. The van der Waals surface area contributed by atoms with Crippen molar-refractivity contribution in [2.24, 2.45) is 0 Å². The van der Waals surface area contributed by atoms with Crippen LogP contribution < -0.4 is 4.90 Å². The molecule has 1 amide bonds. The minimum absolute atomic E-state index is 0.507. The third-order valence-corrected chi connectivity index (χ3v) is 3.95. The molecule has 7 heteroatoms. The summed E-state index contributed by atoms with van der Waals surface area (Å²) in [6.45, 7) is 2.61. The molecule has 0 saturated heterocycles. The van der Waals surface area contributed by atoms with Gasteiger partial charge in [0.15, 0.2) is 0 Å². The van der Waals surface area contributed by atoms with Crippen LogP contribution in [0.3, 0.4) is 0 Å². The number of aromatic amines is 1. The van der Waals surface area contributed by atoms with E-state index in [9.17, 15) is 4.79 Å². The van der Waals surface area contributed by atoms with Crippen LogP contribution in [0.15, 0.2) is 30.5 Å². The number of carbonyl (C=O) groups excluding carboxylic acids is 1. The van der Waals surface area contributed by atoms with Gasteiger partial charge in [0.25, 0.3) is 0 Å². The number of H-pyrrole nitrogens is 1. The molecule has 0 atom stereocenters. The third-order valence-electron chi connectivity index (χ3n) is 3.82. The van der Waals surface area contributed by atoms with Crippen LogP contribution in [-0.4, -0.2) is 27.8 Å². The molecule has 0 aliphatic carbocycles. The standard InChI is InChI=1S/C16H17ClN4O2/c1-2-3-6-9-21(16(22)23-17)15-14-11-7-4-5-8-12(11)18-10-13(14)19-20-15/h4-5,7-8,10H,2-3,6,9H2,1H3,(H,19,20). The van der Waals surface area contributed by atoms with Crippen molar-refractivity contribution in [2.45, 2.75) is 26.2 Å². The van der Waals surface area contributed by atoms with Crippen LogP contribution in [0.25, 0.3) is 21.8 Å². The Kier molecular flexibility index (Phi) is 4.62. The molecule has 0 unspecified atom stereocenters. The van der Waals surface area contributed by atoms with Gasteiger partial charge in [-0.2, -0.15) is 5.10 Å². The predicted molar refractivity (Wildman–Crippen MR) is 90.6 cm³/mol. The fraction of sp³-hybridized carbons (Fsp3) is 0.312. The quantitative estimate of drug-likeness (QED) is 0.703. The third kappa shape index (κ3) is 2.94. The Morgan fingerprint density at radius 3 is 2.91 bits per heavy atom. The highest BCUT2D eigenvalue weighted by Gasteiger charge is 2.22. The minimum atomic E-state index is -0.616. The number of carbonyl (C=O) groups is 1. The van der Waals surface area contributed by atoms with Gasteiger partial charge in [0, 0.05) is 11.9 Å². The molecule has 0 saturated carbocycles. The van der Waals surface area contributed by atoms with Crippen LogP contribution in [0.2, 0.25) is 0 Å². The largest absolute Gasteiger partial charge is 0.433 e. The monoisotopic (exact) mass is 332 g/mol. The topological polar surface area (TPSA) is 71.1 Å². The average molecular weight is 333 g/mol. The molecule has 0 radical (unpaired) electrons. The van der Waals surface area contributed by atoms with Crippen LogP contribution in [0, 0.1) is 0 Å². The van der Waals surface area contributed by atoms with E-state index in [1.807, 2.05) is 24.3 Å². The van der Waals surface area contributed by atoms with Gasteiger partial charge >= 0.3 is 6.09 Å². The Morgan fingerprint density at radius 2 is 2.13 bits per heavy atom. The number of fused-ring (bicyclic) bond motifs is 3. The maximum absolute atomic E-state index is 12.1. The van der Waals surface area contributed by atoms with Crippen LogP contribution >= 0.6 is 11.9 Å². The van der Waals surface area contributed by atoms with E-state index in [0.717, 1.165) is 35.6 Å². The molecule has 23 heavy (non-hydrogen) atoms. The summed E-state index contributed by atoms with van der Waals surface area (Å²) in [4.78, 5) is 18.0. The molecule has 2 aromatic heterocycles. The number of nitrogens with zero attached hydrogens (tertiary/aromatic N) is 3. The summed E-state index contributed by atoms with van der Waals surface area (Å²) in [6.07, 6.45) is 4.00. The number of nitrogens with one attached hydrogen (secondary N) is 1. The van der Waals surface area contributed by atoms with Crippen molar-refractivity contribution in [1.29, 1.82) is 0 Å². The Bertz CT molecular complexity index is 833. The molecule has 3 aromatic rings. The summed E-state index contributed by atoms with van der Waals surface area (Å²) in [5.41, 5.74) is 1.54. The number of halogens is 1. The lowest BCUT2D eigenvalue weighted by atomic mass is 10.1. The first-order valence-electron chi connectivity index (χ1n) is 7.58. The van der Waals surface area contributed by atoms with Crippen LogP contribution in [-0.2, 0) is 4.29 Å². The van der Waals surface area contributed by atoms with Crippen molar-refractivity contribution in [3.63, 3.8) is 0 Å². The molecule has 2 heterocycles. The van der Waals surface area contributed by atoms with E-state index >= 15 is 0 Å². The SMILES string of the molecule is CCCCCN(C(=O)OCl)c1[nH]nc2cnc3ccccc3c12. The highest BCUT2D eigenvalue weighted by Crippen LogP contribution is 2.31. The fourth-order valence-electron chi connectivity index (χ4n) is 2.68. The first kappa shape index (κ1) is 15.6. The summed E-state index contributed by atoms with van der Waals surface area (Å²) in [5, 5.41) is 8.95. The maximum Gasteiger partial charge on any atom is 0.433 e. The van der Waals surface area contributed by atoms with E-state index in [0.29, 0.717) is 17.9 Å². The number of aromatic nitrogens is 3. The minimum Gasteiger partial charge on any atom is -0.330 e. The summed E-state index contributed by atoms with van der Waals surface area (Å²) in [5.74, 6) is 0.584. The predicted octanol–water partition coefficient (Wildman–Crippen LogP) is 4.40. The van der Waals surface area contributed by atoms with Crippen molar-refractivity contribution >= 4 is 45.6 Å². The summed E-state index contributed by atoms with van der Waals surface area (Å²) in [6, 6.07) is 7.74. The van der Waals surface area contributed by atoms with Crippen LogP contribution in [0.5, 0.6) is 0 Å². The Balaban J connectivity index is 2.12. The van der Waals surface area contributed by atoms with Gasteiger partial charge in [0.05, 0.1) is 17.1 Å². The van der Waals surface area contributed by atoms with Crippen molar-refractivity contribution in [3.05, 3.63) is 30.5 Å². The summed E-state index contributed by atoms with van der Waals surface area (Å²) >= 11 is 5.31. The van der Waals surface area contributed by atoms with Crippen LogP contribution in [0.4, 0.5) is 10.6 Å². The highest BCUT2D eigenvalue weighted by molar-refractivity contribution is 6.17. The first-order chi connectivity index (χ1) is 11.3. The van der Waals surface area contributed by atoms with Gasteiger partial charge in [-0.25, -0.2) is 4.79 Å². The van der Waals surface area contributed by atoms with Crippen molar-refractivity contribution < 1.29 is 9.08 Å². The molecule has 0 fully saturated rings. The number of hydrogen-bond donors (Lipinski definition) is 1. The average Bonchev–Trinajstić information content (AvgIpc) is 3.02. The summed E-state index contributed by atoms with van der Waals surface area (Å²) < 4.78 is 4.42. The summed E-state index contributed by atoms with van der Waals surface area (Å²) in [7, 11) is 0. The number of amides is 1. The van der Waals surface area contributed by atoms with E-state index < -0.39 is 6.09 Å². The second-order valence-corrected chi connectivity index (χ2v) is 5.46. The van der Waals surface area contributed by atoms with Crippen molar-refractivity contribution in [2.75, 3.05) is 11.4 Å². The maximum atomic E-state index is 12.1. The Labute approximate surface area is 138 Å². The van der Waals surface area contributed by atoms with E-state index in [-0.39, 0.29) is 0 Å². The fourth-order valence-corrected chi connectivity index (χ4v) is 2.77. The molecule has 6 nitrogen and oxygen atoms in total. The number of rotatable bonds is 5. The zero-order valence-corrected chi connectivity index (χ0v) is 13.5. The molecular formula is C16H17ClN4O2. The number of anilines is 1. The molecule has 0 spiro atoms. The van der Waals surface area contributed by atoms with Gasteiger partial charge < -0.3 is 4.29 Å². The highest BCUT2D eigenvalue weighted by atomic mass is 35.5. The number of para-hydroxylation sites is 1. The van der Waals surface area contributed by atoms with Crippen molar-refractivity contribution in [1.82, 2.24) is 15.2 Å². The molecule has 120 valence electrons. The first-order valence-corrected chi connectivity index (χ1v) is 7.89. The van der Waals surface area contributed by atoms with Gasteiger partial charge in [0.1, 0.15) is 23.2 Å². The van der Waals surface area contributed by atoms with Crippen molar-refractivity contribution in [3.8, 4) is 0 Å². The molecule has 0 aliphatic heterocycles. The number of benzene rings is 1. The molecule has 3 rings (SSSR count). The number of pyridine rings is 1. The van der Waals surface area contributed by atoms with E-state index in [1.54, 1.807) is 6.20 Å². The number of unbranched alkanes of at least 4 members (excludes halogenated alkanes) is 2. The Morgan fingerprint density at radius 1 is 1.30 bits per heavy atom. The van der Waals surface area contributed by atoms with Gasteiger partial charge in [-0.15, -0.1) is 0 Å². The number of hydrogen-bond acceptors (Lipinski definition) is 4. The molecule has 0 bridgehead atoms. The second-order valence-electron chi connectivity index (χ2n) is 5.31. The lowest BCUT2D eigenvalue weighted by Crippen LogP contribution is -2.31. The second kappa shape index (κ2) is 6.83. The Hall–Kier alpha value is -2.34. The van der Waals surface area contributed by atoms with Crippen LogP contribution in [0.1, 0.15) is 26.2 Å². The zero-order chi connectivity index (χ0) is 16.2. The zero-order valence-electron chi connectivity index (χ0n) is 12.8. The van der Waals surface area contributed by atoms with Gasteiger partial charge in [0.2, 0.25) is 0 Å².